The maximum atomic E-state index is 8.93. The SMILES string of the molecule is CN(C)CC(C)(C)CNc1cc(Br)cc(C#N)c1. The third-order valence-corrected chi connectivity index (χ3v) is 3.00. The van der Waals surface area contributed by atoms with Gasteiger partial charge in [0.2, 0.25) is 0 Å². The smallest absolute Gasteiger partial charge is 0.0992 e. The van der Waals surface area contributed by atoms with Gasteiger partial charge in [-0.1, -0.05) is 29.8 Å². The molecule has 0 spiro atoms. The first-order chi connectivity index (χ1) is 8.32. The van der Waals surface area contributed by atoms with Crippen LogP contribution in [0.5, 0.6) is 0 Å². The van der Waals surface area contributed by atoms with Crippen LogP contribution in [0.25, 0.3) is 0 Å². The van der Waals surface area contributed by atoms with E-state index in [1.165, 1.54) is 0 Å². The Kier molecular flexibility index (Phi) is 5.18. The van der Waals surface area contributed by atoms with Gasteiger partial charge in [-0.2, -0.15) is 5.26 Å². The Bertz CT molecular complexity index is 447. The number of benzene rings is 1. The predicted octanol–water partition coefficient (Wildman–Crippen LogP) is 3.32. The van der Waals surface area contributed by atoms with Gasteiger partial charge in [-0.25, -0.2) is 0 Å². The van der Waals surface area contributed by atoms with E-state index in [9.17, 15) is 0 Å². The fourth-order valence-electron chi connectivity index (χ4n) is 2.01. The molecule has 1 aromatic carbocycles. The molecule has 0 fully saturated rings. The lowest BCUT2D eigenvalue weighted by molar-refractivity contribution is 0.254. The quantitative estimate of drug-likeness (QED) is 0.907. The largest absolute Gasteiger partial charge is 0.384 e. The molecule has 1 rings (SSSR count). The van der Waals surface area contributed by atoms with Crippen molar-refractivity contribution in [3.63, 3.8) is 0 Å². The molecule has 98 valence electrons. The van der Waals surface area contributed by atoms with Gasteiger partial charge in [0, 0.05) is 23.2 Å². The number of halogens is 1. The average molecular weight is 310 g/mol. The van der Waals surface area contributed by atoms with Crippen molar-refractivity contribution in [2.75, 3.05) is 32.5 Å². The van der Waals surface area contributed by atoms with Gasteiger partial charge in [0.25, 0.3) is 0 Å². The van der Waals surface area contributed by atoms with Gasteiger partial charge in [-0.3, -0.25) is 0 Å². The van der Waals surface area contributed by atoms with Crippen LogP contribution in [0.15, 0.2) is 22.7 Å². The van der Waals surface area contributed by atoms with Crippen LogP contribution < -0.4 is 5.32 Å². The highest BCUT2D eigenvalue weighted by Crippen LogP contribution is 2.22. The van der Waals surface area contributed by atoms with Crippen LogP contribution in [0.3, 0.4) is 0 Å². The van der Waals surface area contributed by atoms with E-state index < -0.39 is 0 Å². The summed E-state index contributed by atoms with van der Waals surface area (Å²) in [5.41, 5.74) is 1.82. The zero-order chi connectivity index (χ0) is 13.8. The fourth-order valence-corrected chi connectivity index (χ4v) is 2.50. The molecule has 0 aromatic heterocycles. The average Bonchev–Trinajstić information content (AvgIpc) is 2.24. The maximum Gasteiger partial charge on any atom is 0.0992 e. The summed E-state index contributed by atoms with van der Waals surface area (Å²) < 4.78 is 0.925. The number of hydrogen-bond acceptors (Lipinski definition) is 3. The monoisotopic (exact) mass is 309 g/mol. The first-order valence-electron chi connectivity index (χ1n) is 5.92. The molecule has 0 heterocycles. The van der Waals surface area contributed by atoms with E-state index in [0.29, 0.717) is 5.56 Å². The van der Waals surface area contributed by atoms with E-state index in [-0.39, 0.29) is 5.41 Å². The summed E-state index contributed by atoms with van der Waals surface area (Å²) in [6, 6.07) is 7.84. The predicted molar refractivity (Wildman–Crippen MR) is 79.7 cm³/mol. The molecule has 1 aromatic rings. The zero-order valence-electron chi connectivity index (χ0n) is 11.4. The van der Waals surface area contributed by atoms with Gasteiger partial charge in [0.05, 0.1) is 11.6 Å². The normalized spacial score (nSPS) is 11.4. The summed E-state index contributed by atoms with van der Waals surface area (Å²) in [5, 5.41) is 12.3. The van der Waals surface area contributed by atoms with E-state index in [4.69, 9.17) is 5.26 Å². The molecule has 0 aliphatic heterocycles. The standard InChI is InChI=1S/C14H20BrN3/c1-14(2,10-18(3)4)9-17-13-6-11(8-16)5-12(15)7-13/h5-7,17H,9-10H2,1-4H3. The van der Waals surface area contributed by atoms with Crippen molar-refractivity contribution in [3.8, 4) is 6.07 Å². The number of nitrogens with one attached hydrogen (secondary N) is 1. The second kappa shape index (κ2) is 6.21. The Balaban J connectivity index is 2.69. The molecular formula is C14H20BrN3. The minimum Gasteiger partial charge on any atom is -0.384 e. The topological polar surface area (TPSA) is 39.1 Å². The Morgan fingerprint density at radius 1 is 1.33 bits per heavy atom. The summed E-state index contributed by atoms with van der Waals surface area (Å²) in [6.07, 6.45) is 0. The highest BCUT2D eigenvalue weighted by molar-refractivity contribution is 9.10. The van der Waals surface area contributed by atoms with Gasteiger partial charge >= 0.3 is 0 Å². The minimum atomic E-state index is 0.179. The van der Waals surface area contributed by atoms with Crippen LogP contribution in [0.2, 0.25) is 0 Å². The summed E-state index contributed by atoms with van der Waals surface area (Å²) in [6.45, 7) is 6.33. The first-order valence-corrected chi connectivity index (χ1v) is 6.71. The molecule has 4 heteroatoms. The van der Waals surface area contributed by atoms with E-state index in [1.54, 1.807) is 0 Å². The van der Waals surface area contributed by atoms with Crippen LogP contribution in [-0.4, -0.2) is 32.1 Å². The Morgan fingerprint density at radius 2 is 2.00 bits per heavy atom. The maximum absolute atomic E-state index is 8.93. The van der Waals surface area contributed by atoms with Crippen molar-refractivity contribution >= 4 is 21.6 Å². The van der Waals surface area contributed by atoms with Gasteiger partial charge in [-0.05, 0) is 37.7 Å². The molecule has 3 nitrogen and oxygen atoms in total. The van der Waals surface area contributed by atoms with Crippen molar-refractivity contribution < 1.29 is 0 Å². The summed E-state index contributed by atoms with van der Waals surface area (Å²) in [7, 11) is 4.16. The Morgan fingerprint density at radius 3 is 2.56 bits per heavy atom. The molecule has 0 unspecified atom stereocenters. The van der Waals surface area contributed by atoms with Crippen LogP contribution in [-0.2, 0) is 0 Å². The van der Waals surface area contributed by atoms with Gasteiger partial charge < -0.3 is 10.2 Å². The fraction of sp³-hybridized carbons (Fsp3) is 0.500. The molecule has 0 aliphatic rings. The summed E-state index contributed by atoms with van der Waals surface area (Å²) >= 11 is 3.42. The van der Waals surface area contributed by atoms with Gasteiger partial charge in [0.1, 0.15) is 0 Å². The lowest BCUT2D eigenvalue weighted by Crippen LogP contribution is -2.34. The number of rotatable bonds is 5. The number of anilines is 1. The highest BCUT2D eigenvalue weighted by Gasteiger charge is 2.18. The minimum absolute atomic E-state index is 0.179. The zero-order valence-corrected chi connectivity index (χ0v) is 13.0. The molecule has 0 bridgehead atoms. The lowest BCUT2D eigenvalue weighted by Gasteiger charge is -2.29. The number of hydrogen-bond donors (Lipinski definition) is 1. The van der Waals surface area contributed by atoms with Crippen molar-refractivity contribution in [1.82, 2.24) is 4.90 Å². The van der Waals surface area contributed by atoms with Crippen molar-refractivity contribution in [2.24, 2.45) is 5.41 Å². The molecule has 1 N–H and O–H groups in total. The molecule has 0 saturated carbocycles. The number of nitriles is 1. The molecule has 18 heavy (non-hydrogen) atoms. The first kappa shape index (κ1) is 15.0. The van der Waals surface area contributed by atoms with Crippen molar-refractivity contribution in [3.05, 3.63) is 28.2 Å². The van der Waals surface area contributed by atoms with E-state index in [0.717, 1.165) is 23.2 Å². The van der Waals surface area contributed by atoms with Crippen LogP contribution in [0.4, 0.5) is 5.69 Å². The summed E-state index contributed by atoms with van der Waals surface area (Å²) in [4.78, 5) is 2.18. The Hall–Kier alpha value is -1.05. The van der Waals surface area contributed by atoms with E-state index >= 15 is 0 Å². The van der Waals surface area contributed by atoms with Crippen molar-refractivity contribution in [1.29, 1.82) is 5.26 Å². The highest BCUT2D eigenvalue weighted by atomic mass is 79.9. The van der Waals surface area contributed by atoms with E-state index in [2.05, 4.69) is 60.2 Å². The molecule has 0 saturated heterocycles. The Labute approximate surface area is 118 Å². The van der Waals surface area contributed by atoms with Gasteiger partial charge in [0.15, 0.2) is 0 Å². The molecule has 0 amide bonds. The van der Waals surface area contributed by atoms with E-state index in [1.807, 2.05) is 18.2 Å². The third-order valence-electron chi connectivity index (χ3n) is 2.54. The van der Waals surface area contributed by atoms with Crippen LogP contribution in [0.1, 0.15) is 19.4 Å². The third kappa shape index (κ3) is 5.07. The second-order valence-corrected chi connectivity index (χ2v) is 6.51. The molecular weight excluding hydrogens is 290 g/mol. The van der Waals surface area contributed by atoms with Crippen LogP contribution >= 0.6 is 15.9 Å². The van der Waals surface area contributed by atoms with Gasteiger partial charge in [-0.15, -0.1) is 0 Å². The molecule has 0 atom stereocenters. The second-order valence-electron chi connectivity index (χ2n) is 5.60. The van der Waals surface area contributed by atoms with Crippen molar-refractivity contribution in [2.45, 2.75) is 13.8 Å². The number of nitrogens with zero attached hydrogens (tertiary/aromatic N) is 2. The summed E-state index contributed by atoms with van der Waals surface area (Å²) in [5.74, 6) is 0. The lowest BCUT2D eigenvalue weighted by atomic mass is 9.93. The molecule has 0 radical (unpaired) electrons. The van der Waals surface area contributed by atoms with Crippen LogP contribution in [0, 0.1) is 16.7 Å². The molecule has 0 aliphatic carbocycles.